The zero-order chi connectivity index (χ0) is 13.2. The van der Waals surface area contributed by atoms with Gasteiger partial charge in [0.2, 0.25) is 5.82 Å². The predicted octanol–water partition coefficient (Wildman–Crippen LogP) is 1.98. The number of halogens is 1. The van der Waals surface area contributed by atoms with Gasteiger partial charge in [-0.05, 0) is 19.9 Å². The van der Waals surface area contributed by atoms with Crippen LogP contribution >= 0.6 is 0 Å². The number of ether oxygens (including phenoxy) is 1. The zero-order valence-corrected chi connectivity index (χ0v) is 9.14. The molecule has 0 aliphatic rings. The van der Waals surface area contributed by atoms with Gasteiger partial charge in [-0.25, -0.2) is 4.79 Å². The van der Waals surface area contributed by atoms with Gasteiger partial charge in [0.25, 0.3) is 0 Å². The molecule has 17 heavy (non-hydrogen) atoms. The van der Waals surface area contributed by atoms with Crippen molar-refractivity contribution in [2.24, 2.45) is 0 Å². The van der Waals surface area contributed by atoms with Crippen molar-refractivity contribution in [2.45, 2.75) is 19.4 Å². The van der Waals surface area contributed by atoms with Crippen LogP contribution in [0.25, 0.3) is 0 Å². The van der Waals surface area contributed by atoms with E-state index in [0.29, 0.717) is 0 Å². The highest BCUT2D eigenvalue weighted by molar-refractivity contribution is 5.76. The molecule has 0 aromatic heterocycles. The van der Waals surface area contributed by atoms with E-state index < -0.39 is 28.0 Å². The molecule has 0 bridgehead atoms. The molecule has 0 unspecified atom stereocenters. The summed E-state index contributed by atoms with van der Waals surface area (Å²) in [7, 11) is 0. The number of aliphatic carboxylic acids is 1. The van der Waals surface area contributed by atoms with Crippen LogP contribution in [0, 0.1) is 15.9 Å². The quantitative estimate of drug-likeness (QED) is 0.645. The first-order chi connectivity index (χ1) is 7.74. The molecule has 0 amide bonds. The summed E-state index contributed by atoms with van der Waals surface area (Å²) in [5.41, 5.74) is -2.23. The van der Waals surface area contributed by atoms with Crippen molar-refractivity contribution in [1.29, 1.82) is 0 Å². The molecule has 1 rings (SSSR count). The first kappa shape index (κ1) is 12.9. The summed E-state index contributed by atoms with van der Waals surface area (Å²) in [5, 5.41) is 19.1. The molecule has 7 heteroatoms. The Hall–Kier alpha value is -2.18. The number of hydrogen-bond acceptors (Lipinski definition) is 4. The van der Waals surface area contributed by atoms with Crippen molar-refractivity contribution in [3.05, 3.63) is 34.1 Å². The molecular weight excluding hydrogens is 233 g/mol. The molecule has 0 saturated heterocycles. The number of carboxylic acid groups (broad SMARTS) is 1. The average Bonchev–Trinajstić information content (AvgIpc) is 2.15. The van der Waals surface area contributed by atoms with Crippen LogP contribution in [0.1, 0.15) is 13.8 Å². The number of carboxylic acids is 1. The molecule has 92 valence electrons. The van der Waals surface area contributed by atoms with Gasteiger partial charge in [0.05, 0.1) is 4.92 Å². The van der Waals surface area contributed by atoms with Crippen molar-refractivity contribution in [3.8, 4) is 5.75 Å². The SMILES string of the molecule is CC(C)(Oc1ccc([N+](=O)[O-])c(F)c1)C(=O)O. The van der Waals surface area contributed by atoms with E-state index in [4.69, 9.17) is 9.84 Å². The maximum Gasteiger partial charge on any atom is 0.347 e. The lowest BCUT2D eigenvalue weighted by Crippen LogP contribution is -2.37. The summed E-state index contributed by atoms with van der Waals surface area (Å²) in [5.74, 6) is -2.38. The van der Waals surface area contributed by atoms with E-state index in [9.17, 15) is 19.3 Å². The summed E-state index contributed by atoms with van der Waals surface area (Å²) in [6.07, 6.45) is 0. The summed E-state index contributed by atoms with van der Waals surface area (Å²) in [4.78, 5) is 20.2. The number of nitro groups is 1. The van der Waals surface area contributed by atoms with Crippen molar-refractivity contribution in [3.63, 3.8) is 0 Å². The number of nitro benzene ring substituents is 1. The van der Waals surface area contributed by atoms with Crippen LogP contribution in [-0.4, -0.2) is 21.6 Å². The van der Waals surface area contributed by atoms with Gasteiger partial charge in [-0.15, -0.1) is 0 Å². The molecule has 0 radical (unpaired) electrons. The maximum atomic E-state index is 13.2. The largest absolute Gasteiger partial charge is 0.478 e. The van der Waals surface area contributed by atoms with Crippen LogP contribution < -0.4 is 4.74 Å². The third kappa shape index (κ3) is 2.90. The van der Waals surface area contributed by atoms with E-state index in [2.05, 4.69) is 0 Å². The second-order valence-corrected chi connectivity index (χ2v) is 3.79. The van der Waals surface area contributed by atoms with Crippen molar-refractivity contribution < 1.29 is 24.0 Å². The van der Waals surface area contributed by atoms with Crippen LogP contribution in [0.3, 0.4) is 0 Å². The highest BCUT2D eigenvalue weighted by atomic mass is 19.1. The molecular formula is C10H10FNO5. The molecule has 0 fully saturated rings. The number of nitrogens with zero attached hydrogens (tertiary/aromatic N) is 1. The maximum absolute atomic E-state index is 13.2. The molecule has 0 atom stereocenters. The van der Waals surface area contributed by atoms with Gasteiger partial charge in [0.15, 0.2) is 5.60 Å². The van der Waals surface area contributed by atoms with Gasteiger partial charge in [-0.2, -0.15) is 4.39 Å². The fourth-order valence-corrected chi connectivity index (χ4v) is 1.04. The van der Waals surface area contributed by atoms with E-state index in [-0.39, 0.29) is 5.75 Å². The average molecular weight is 243 g/mol. The lowest BCUT2D eigenvalue weighted by molar-refractivity contribution is -0.387. The van der Waals surface area contributed by atoms with Gasteiger partial charge >= 0.3 is 11.7 Å². The lowest BCUT2D eigenvalue weighted by atomic mass is 10.1. The van der Waals surface area contributed by atoms with Crippen LogP contribution in [0.15, 0.2) is 18.2 Å². The van der Waals surface area contributed by atoms with Gasteiger partial charge in [-0.3, -0.25) is 10.1 Å². The Bertz CT molecular complexity index is 472. The minimum absolute atomic E-state index is 0.0829. The Morgan fingerprint density at radius 1 is 1.53 bits per heavy atom. The first-order valence-electron chi connectivity index (χ1n) is 4.60. The van der Waals surface area contributed by atoms with Gasteiger partial charge in [-0.1, -0.05) is 0 Å². The molecule has 0 aliphatic carbocycles. The molecule has 6 nitrogen and oxygen atoms in total. The van der Waals surface area contributed by atoms with Crippen molar-refractivity contribution in [1.82, 2.24) is 0 Å². The Balaban J connectivity index is 2.99. The highest BCUT2D eigenvalue weighted by Crippen LogP contribution is 2.25. The Kier molecular flexibility index (Phi) is 3.31. The van der Waals surface area contributed by atoms with E-state index in [1.54, 1.807) is 0 Å². The molecule has 0 aliphatic heterocycles. The van der Waals surface area contributed by atoms with E-state index in [1.165, 1.54) is 13.8 Å². The smallest absolute Gasteiger partial charge is 0.347 e. The number of benzene rings is 1. The second-order valence-electron chi connectivity index (χ2n) is 3.79. The standard InChI is InChI=1S/C10H10FNO5/c1-10(2,9(13)14)17-6-3-4-8(12(15)16)7(11)5-6/h3-5H,1-2H3,(H,13,14). The van der Waals surface area contributed by atoms with Crippen molar-refractivity contribution in [2.75, 3.05) is 0 Å². The van der Waals surface area contributed by atoms with Gasteiger partial charge in [0, 0.05) is 12.1 Å². The minimum Gasteiger partial charge on any atom is -0.478 e. The summed E-state index contributed by atoms with van der Waals surface area (Å²) >= 11 is 0. The van der Waals surface area contributed by atoms with Crippen LogP contribution in [-0.2, 0) is 4.79 Å². The summed E-state index contributed by atoms with van der Waals surface area (Å²) < 4.78 is 18.2. The lowest BCUT2D eigenvalue weighted by Gasteiger charge is -2.21. The number of rotatable bonds is 4. The highest BCUT2D eigenvalue weighted by Gasteiger charge is 2.30. The monoisotopic (exact) mass is 243 g/mol. The third-order valence-corrected chi connectivity index (χ3v) is 2.00. The number of carbonyl (C=O) groups is 1. The van der Waals surface area contributed by atoms with E-state index >= 15 is 0 Å². The zero-order valence-electron chi connectivity index (χ0n) is 9.14. The molecule has 0 spiro atoms. The van der Waals surface area contributed by atoms with Crippen LogP contribution in [0.2, 0.25) is 0 Å². The van der Waals surface area contributed by atoms with E-state index in [1.807, 2.05) is 0 Å². The molecule has 0 saturated carbocycles. The van der Waals surface area contributed by atoms with Crippen LogP contribution in [0.5, 0.6) is 5.75 Å². The minimum atomic E-state index is -1.54. The number of hydrogen-bond donors (Lipinski definition) is 1. The first-order valence-corrected chi connectivity index (χ1v) is 4.60. The fraction of sp³-hybridized carbons (Fsp3) is 0.300. The van der Waals surface area contributed by atoms with E-state index in [0.717, 1.165) is 18.2 Å². The predicted molar refractivity (Wildman–Crippen MR) is 55.4 cm³/mol. The third-order valence-electron chi connectivity index (χ3n) is 2.00. The molecule has 1 aromatic rings. The summed E-state index contributed by atoms with van der Waals surface area (Å²) in [6, 6.07) is 2.84. The fourth-order valence-electron chi connectivity index (χ4n) is 1.04. The topological polar surface area (TPSA) is 89.7 Å². The molecule has 1 aromatic carbocycles. The van der Waals surface area contributed by atoms with Gasteiger partial charge < -0.3 is 9.84 Å². The molecule has 0 heterocycles. The Morgan fingerprint density at radius 2 is 2.12 bits per heavy atom. The Morgan fingerprint density at radius 3 is 2.53 bits per heavy atom. The Labute approximate surface area is 95.8 Å². The van der Waals surface area contributed by atoms with Crippen molar-refractivity contribution >= 4 is 11.7 Å². The summed E-state index contributed by atoms with van der Waals surface area (Å²) in [6.45, 7) is 2.57. The van der Waals surface area contributed by atoms with Crippen LogP contribution in [0.4, 0.5) is 10.1 Å². The normalized spacial score (nSPS) is 11.0. The molecule has 1 N–H and O–H groups in total. The second kappa shape index (κ2) is 4.36. The van der Waals surface area contributed by atoms with Gasteiger partial charge in [0.1, 0.15) is 5.75 Å².